The summed E-state index contributed by atoms with van der Waals surface area (Å²) in [5.74, 6) is -0.244. The molecule has 0 aliphatic heterocycles. The van der Waals surface area contributed by atoms with Gasteiger partial charge in [0.2, 0.25) is 15.9 Å². The van der Waals surface area contributed by atoms with Gasteiger partial charge >= 0.3 is 0 Å². The van der Waals surface area contributed by atoms with Gasteiger partial charge in [0.25, 0.3) is 0 Å². The van der Waals surface area contributed by atoms with Crippen LogP contribution in [-0.4, -0.2) is 38.0 Å². The molecule has 0 aromatic heterocycles. The van der Waals surface area contributed by atoms with E-state index in [4.69, 9.17) is 11.6 Å². The summed E-state index contributed by atoms with van der Waals surface area (Å²) in [5, 5.41) is 3.25. The highest BCUT2D eigenvalue weighted by Gasteiger charge is 2.21. The van der Waals surface area contributed by atoms with Crippen molar-refractivity contribution in [3.05, 3.63) is 28.8 Å². The van der Waals surface area contributed by atoms with Gasteiger partial charge in [-0.1, -0.05) is 31.5 Å². The predicted molar refractivity (Wildman–Crippen MR) is 86.1 cm³/mol. The van der Waals surface area contributed by atoms with Crippen molar-refractivity contribution in [1.82, 2.24) is 4.31 Å². The molecule has 5 nitrogen and oxygen atoms in total. The van der Waals surface area contributed by atoms with Gasteiger partial charge in [-0.25, -0.2) is 8.42 Å². The molecule has 0 saturated heterocycles. The van der Waals surface area contributed by atoms with Crippen molar-refractivity contribution in [2.24, 2.45) is 5.92 Å². The topological polar surface area (TPSA) is 66.5 Å². The van der Waals surface area contributed by atoms with Crippen molar-refractivity contribution < 1.29 is 13.2 Å². The smallest absolute Gasteiger partial charge is 0.239 e. The molecule has 0 heterocycles. The lowest BCUT2D eigenvalue weighted by Crippen LogP contribution is -2.39. The van der Waals surface area contributed by atoms with Crippen molar-refractivity contribution >= 4 is 33.2 Å². The van der Waals surface area contributed by atoms with E-state index >= 15 is 0 Å². The molecule has 0 aliphatic rings. The van der Waals surface area contributed by atoms with E-state index in [1.165, 1.54) is 4.31 Å². The number of hydrogen-bond acceptors (Lipinski definition) is 3. The molecule has 1 rings (SSSR count). The standard InChI is InChI=1S/C14H21ClN2O3S/c1-10(2)8-17(21(4,19)20)9-14(18)16-13-7-5-6-12(15)11(13)3/h5-7,10H,8-9H2,1-4H3,(H,16,18). The van der Waals surface area contributed by atoms with Gasteiger partial charge in [-0.3, -0.25) is 4.79 Å². The molecule has 0 spiro atoms. The third-order valence-electron chi connectivity index (χ3n) is 2.90. The number of carbonyl (C=O) groups is 1. The molecule has 0 fully saturated rings. The van der Waals surface area contributed by atoms with E-state index in [9.17, 15) is 13.2 Å². The number of nitrogens with one attached hydrogen (secondary N) is 1. The fourth-order valence-electron chi connectivity index (χ4n) is 1.82. The van der Waals surface area contributed by atoms with Gasteiger partial charge in [0, 0.05) is 17.3 Å². The second kappa shape index (κ2) is 7.24. The molecule has 1 aromatic carbocycles. The van der Waals surface area contributed by atoms with Crippen LogP contribution in [0, 0.1) is 12.8 Å². The van der Waals surface area contributed by atoms with E-state index in [0.29, 0.717) is 17.3 Å². The van der Waals surface area contributed by atoms with Gasteiger partial charge in [0.1, 0.15) is 0 Å². The zero-order valence-electron chi connectivity index (χ0n) is 12.7. The summed E-state index contributed by atoms with van der Waals surface area (Å²) in [7, 11) is -3.42. The van der Waals surface area contributed by atoms with Gasteiger partial charge in [-0.05, 0) is 30.5 Å². The molecule has 21 heavy (non-hydrogen) atoms. The average molecular weight is 333 g/mol. The number of nitrogens with zero attached hydrogens (tertiary/aromatic N) is 1. The van der Waals surface area contributed by atoms with Crippen molar-refractivity contribution in [2.45, 2.75) is 20.8 Å². The first-order valence-corrected chi connectivity index (χ1v) is 8.84. The van der Waals surface area contributed by atoms with Crippen molar-refractivity contribution in [3.63, 3.8) is 0 Å². The largest absolute Gasteiger partial charge is 0.325 e. The van der Waals surface area contributed by atoms with Gasteiger partial charge < -0.3 is 5.32 Å². The Morgan fingerprint density at radius 3 is 2.52 bits per heavy atom. The Hall–Kier alpha value is -1.11. The lowest BCUT2D eigenvalue weighted by atomic mass is 10.2. The summed E-state index contributed by atoms with van der Waals surface area (Å²) in [6.45, 7) is 5.69. The Bertz CT molecular complexity index is 615. The molecule has 0 radical (unpaired) electrons. The van der Waals surface area contributed by atoms with Crippen molar-refractivity contribution in [1.29, 1.82) is 0 Å². The van der Waals surface area contributed by atoms with Crippen LogP contribution in [0.2, 0.25) is 5.02 Å². The first kappa shape index (κ1) is 17.9. The van der Waals surface area contributed by atoms with Gasteiger partial charge in [0.15, 0.2) is 0 Å². The van der Waals surface area contributed by atoms with Crippen LogP contribution in [-0.2, 0) is 14.8 Å². The van der Waals surface area contributed by atoms with E-state index in [2.05, 4.69) is 5.32 Å². The van der Waals surface area contributed by atoms with Crippen LogP contribution in [0.15, 0.2) is 18.2 Å². The summed E-state index contributed by atoms with van der Waals surface area (Å²) in [6, 6.07) is 5.19. The highest BCUT2D eigenvalue weighted by atomic mass is 35.5. The number of anilines is 1. The minimum Gasteiger partial charge on any atom is -0.325 e. The van der Waals surface area contributed by atoms with Gasteiger partial charge in [-0.2, -0.15) is 4.31 Å². The van der Waals surface area contributed by atoms with Crippen molar-refractivity contribution in [3.8, 4) is 0 Å². The number of halogens is 1. The third-order valence-corrected chi connectivity index (χ3v) is 4.53. The van der Waals surface area contributed by atoms with Crippen LogP contribution in [0.25, 0.3) is 0 Å². The fourth-order valence-corrected chi connectivity index (χ4v) is 2.91. The van der Waals surface area contributed by atoms with E-state index in [1.807, 2.05) is 13.8 Å². The Kier molecular flexibility index (Phi) is 6.19. The van der Waals surface area contributed by atoms with E-state index in [1.54, 1.807) is 25.1 Å². The van der Waals surface area contributed by atoms with Gasteiger partial charge in [-0.15, -0.1) is 0 Å². The van der Waals surface area contributed by atoms with Crippen LogP contribution in [0.3, 0.4) is 0 Å². The predicted octanol–water partition coefficient (Wildman–Crippen LogP) is 2.50. The number of rotatable bonds is 6. The quantitative estimate of drug-likeness (QED) is 0.870. The molecular weight excluding hydrogens is 312 g/mol. The number of sulfonamides is 1. The maximum Gasteiger partial charge on any atom is 0.239 e. The molecule has 0 aliphatic carbocycles. The maximum atomic E-state index is 12.1. The van der Waals surface area contributed by atoms with Gasteiger partial charge in [0.05, 0.1) is 12.8 Å². The van der Waals surface area contributed by atoms with Crippen LogP contribution in [0.4, 0.5) is 5.69 Å². The number of benzene rings is 1. The molecule has 1 N–H and O–H groups in total. The number of hydrogen-bond donors (Lipinski definition) is 1. The second-order valence-corrected chi connectivity index (χ2v) is 7.80. The molecule has 1 amide bonds. The molecular formula is C14H21ClN2O3S. The molecule has 1 aromatic rings. The summed E-state index contributed by atoms with van der Waals surface area (Å²) in [6.07, 6.45) is 1.10. The molecule has 0 bridgehead atoms. The zero-order chi connectivity index (χ0) is 16.2. The highest BCUT2D eigenvalue weighted by molar-refractivity contribution is 7.88. The lowest BCUT2D eigenvalue weighted by Gasteiger charge is -2.21. The van der Waals surface area contributed by atoms with Crippen LogP contribution < -0.4 is 5.32 Å². The number of carbonyl (C=O) groups excluding carboxylic acids is 1. The SMILES string of the molecule is Cc1c(Cl)cccc1NC(=O)CN(CC(C)C)S(C)(=O)=O. The molecule has 118 valence electrons. The molecule has 0 unspecified atom stereocenters. The third kappa shape index (κ3) is 5.65. The lowest BCUT2D eigenvalue weighted by molar-refractivity contribution is -0.116. The van der Waals surface area contributed by atoms with E-state index in [0.717, 1.165) is 11.8 Å². The Balaban J connectivity index is 2.81. The summed E-state index contributed by atoms with van der Waals surface area (Å²) in [4.78, 5) is 12.1. The Morgan fingerprint density at radius 2 is 2.00 bits per heavy atom. The van der Waals surface area contributed by atoms with Crippen molar-refractivity contribution in [2.75, 3.05) is 24.7 Å². The fraction of sp³-hybridized carbons (Fsp3) is 0.500. The first-order valence-electron chi connectivity index (χ1n) is 6.61. The molecule has 7 heteroatoms. The van der Waals surface area contributed by atoms with Crippen LogP contribution in [0.5, 0.6) is 0 Å². The molecule has 0 atom stereocenters. The van der Waals surface area contributed by atoms with E-state index in [-0.39, 0.29) is 18.4 Å². The minimum atomic E-state index is -3.42. The van der Waals surface area contributed by atoms with Crippen LogP contribution in [0.1, 0.15) is 19.4 Å². The Morgan fingerprint density at radius 1 is 1.38 bits per heavy atom. The average Bonchev–Trinajstić information content (AvgIpc) is 2.32. The summed E-state index contributed by atoms with van der Waals surface area (Å²) in [5.41, 5.74) is 1.34. The summed E-state index contributed by atoms with van der Waals surface area (Å²) < 4.78 is 24.6. The second-order valence-electron chi connectivity index (χ2n) is 5.41. The highest BCUT2D eigenvalue weighted by Crippen LogP contribution is 2.22. The molecule has 0 saturated carbocycles. The minimum absolute atomic E-state index is 0.139. The normalized spacial score (nSPS) is 12.0. The zero-order valence-corrected chi connectivity index (χ0v) is 14.3. The first-order chi connectivity index (χ1) is 9.61. The monoisotopic (exact) mass is 332 g/mol. The Labute approximate surface area is 131 Å². The van der Waals surface area contributed by atoms with Crippen LogP contribution >= 0.6 is 11.6 Å². The summed E-state index contributed by atoms with van der Waals surface area (Å²) >= 11 is 5.99. The maximum absolute atomic E-state index is 12.1. The van der Waals surface area contributed by atoms with E-state index < -0.39 is 10.0 Å². The number of amides is 1.